The van der Waals surface area contributed by atoms with Crippen LogP contribution in [0, 0.1) is 0 Å². The van der Waals surface area contributed by atoms with Crippen LogP contribution in [0.15, 0.2) is 59.9 Å². The zero-order chi connectivity index (χ0) is 19.3. The van der Waals surface area contributed by atoms with Gasteiger partial charge in [-0.3, -0.25) is 14.8 Å². The molecule has 1 amide bonds. The molecule has 0 spiro atoms. The lowest BCUT2D eigenvalue weighted by Gasteiger charge is -2.14. The first kappa shape index (κ1) is 20.4. The summed E-state index contributed by atoms with van der Waals surface area (Å²) in [6, 6.07) is 13.7. The molecule has 0 fully saturated rings. The molecule has 0 aliphatic carbocycles. The Morgan fingerprint density at radius 1 is 1.19 bits per heavy atom. The number of aliphatic imine (C=N–C) groups is 1. The minimum atomic E-state index is -0.161. The molecule has 0 saturated heterocycles. The molecule has 1 aromatic heterocycles. The number of nitrogens with one attached hydrogen (secondary N) is 3. The maximum Gasteiger partial charge on any atom is 0.243 e. The lowest BCUT2D eigenvalue weighted by atomic mass is 10.1. The highest BCUT2D eigenvalue weighted by atomic mass is 16.5. The Kier molecular flexibility index (Phi) is 8.79. The van der Waals surface area contributed by atoms with Gasteiger partial charge < -0.3 is 20.7 Å². The third-order valence-electron chi connectivity index (χ3n) is 3.84. The molecule has 0 radical (unpaired) electrons. The number of hydrogen-bond acceptors (Lipinski definition) is 4. The molecule has 0 saturated carbocycles. The van der Waals surface area contributed by atoms with Gasteiger partial charge in [0, 0.05) is 26.4 Å². The zero-order valence-corrected chi connectivity index (χ0v) is 15.8. The van der Waals surface area contributed by atoms with Gasteiger partial charge >= 0.3 is 0 Å². The summed E-state index contributed by atoms with van der Waals surface area (Å²) < 4.78 is 5.84. The second kappa shape index (κ2) is 11.6. The predicted octanol–water partition coefficient (Wildman–Crippen LogP) is 2.35. The standard InChI is InChI=1S/C20H27N5O2/c1-16(17-8-4-3-5-9-17)27-13-7-12-23-20(21-2)24-15-19(26)25-18-10-6-11-22-14-18/h3-6,8-11,14,16H,7,12-13,15H2,1-2H3,(H,25,26)(H2,21,23,24). The van der Waals surface area contributed by atoms with Crippen molar-refractivity contribution in [2.24, 2.45) is 4.99 Å². The van der Waals surface area contributed by atoms with E-state index in [2.05, 4.69) is 38.1 Å². The molecule has 7 nitrogen and oxygen atoms in total. The van der Waals surface area contributed by atoms with Gasteiger partial charge in [0.15, 0.2) is 5.96 Å². The molecule has 1 heterocycles. The summed E-state index contributed by atoms with van der Waals surface area (Å²) in [4.78, 5) is 20.0. The maximum atomic E-state index is 11.9. The average Bonchev–Trinajstić information content (AvgIpc) is 2.71. The van der Waals surface area contributed by atoms with E-state index in [-0.39, 0.29) is 18.6 Å². The van der Waals surface area contributed by atoms with Gasteiger partial charge in [0.1, 0.15) is 0 Å². The molecule has 144 valence electrons. The number of nitrogens with zero attached hydrogens (tertiary/aromatic N) is 2. The van der Waals surface area contributed by atoms with Gasteiger partial charge in [-0.25, -0.2) is 0 Å². The van der Waals surface area contributed by atoms with Crippen molar-refractivity contribution in [3.8, 4) is 0 Å². The average molecular weight is 369 g/mol. The highest BCUT2D eigenvalue weighted by Gasteiger charge is 2.06. The molecule has 0 bridgehead atoms. The summed E-state index contributed by atoms with van der Waals surface area (Å²) in [5.41, 5.74) is 1.83. The van der Waals surface area contributed by atoms with E-state index in [1.165, 1.54) is 5.56 Å². The Balaban J connectivity index is 1.59. The normalized spacial score (nSPS) is 12.3. The molecule has 2 rings (SSSR count). The summed E-state index contributed by atoms with van der Waals surface area (Å²) in [6.07, 6.45) is 4.16. The number of aromatic nitrogens is 1. The van der Waals surface area contributed by atoms with Crippen molar-refractivity contribution < 1.29 is 9.53 Å². The van der Waals surface area contributed by atoms with E-state index in [4.69, 9.17) is 4.74 Å². The van der Waals surface area contributed by atoms with Crippen molar-refractivity contribution in [1.29, 1.82) is 0 Å². The minimum absolute atomic E-state index is 0.0693. The van der Waals surface area contributed by atoms with Crippen LogP contribution in [0.2, 0.25) is 0 Å². The lowest BCUT2D eigenvalue weighted by Crippen LogP contribution is -2.41. The molecule has 7 heteroatoms. The first-order chi connectivity index (χ1) is 13.2. The first-order valence-corrected chi connectivity index (χ1v) is 9.00. The van der Waals surface area contributed by atoms with Gasteiger partial charge in [0.2, 0.25) is 5.91 Å². The van der Waals surface area contributed by atoms with Crippen LogP contribution < -0.4 is 16.0 Å². The summed E-state index contributed by atoms with van der Waals surface area (Å²) >= 11 is 0. The van der Waals surface area contributed by atoms with Crippen molar-refractivity contribution in [3.05, 3.63) is 60.4 Å². The van der Waals surface area contributed by atoms with Gasteiger partial charge in [-0.15, -0.1) is 0 Å². The van der Waals surface area contributed by atoms with Gasteiger partial charge in [0.05, 0.1) is 24.5 Å². The quantitative estimate of drug-likeness (QED) is 0.359. The highest BCUT2D eigenvalue weighted by molar-refractivity contribution is 5.94. The number of hydrogen-bond donors (Lipinski definition) is 3. The smallest absolute Gasteiger partial charge is 0.243 e. The number of pyridine rings is 1. The molecule has 1 atom stereocenters. The van der Waals surface area contributed by atoms with Crippen LogP contribution in [-0.2, 0) is 9.53 Å². The molecule has 0 aliphatic rings. The van der Waals surface area contributed by atoms with Crippen LogP contribution in [-0.4, -0.2) is 43.6 Å². The fraction of sp³-hybridized carbons (Fsp3) is 0.350. The minimum Gasteiger partial charge on any atom is -0.374 e. The topological polar surface area (TPSA) is 87.6 Å². The summed E-state index contributed by atoms with van der Waals surface area (Å²) in [5.74, 6) is 0.415. The van der Waals surface area contributed by atoms with E-state index in [0.29, 0.717) is 24.8 Å². The van der Waals surface area contributed by atoms with Gasteiger partial charge in [0.25, 0.3) is 0 Å². The van der Waals surface area contributed by atoms with Crippen molar-refractivity contribution in [2.45, 2.75) is 19.4 Å². The number of guanidine groups is 1. The molecule has 1 aromatic carbocycles. The summed E-state index contributed by atoms with van der Waals surface area (Å²) in [7, 11) is 1.67. The number of carbonyl (C=O) groups is 1. The Labute approximate surface area is 160 Å². The number of anilines is 1. The van der Waals surface area contributed by atoms with E-state index in [1.807, 2.05) is 25.1 Å². The maximum absolute atomic E-state index is 11.9. The number of benzene rings is 1. The van der Waals surface area contributed by atoms with Crippen LogP contribution in [0.25, 0.3) is 0 Å². The van der Waals surface area contributed by atoms with E-state index in [0.717, 1.165) is 6.42 Å². The van der Waals surface area contributed by atoms with Crippen molar-refractivity contribution in [2.75, 3.05) is 32.1 Å². The number of rotatable bonds is 9. The molecular formula is C20H27N5O2. The van der Waals surface area contributed by atoms with Crippen molar-refractivity contribution in [1.82, 2.24) is 15.6 Å². The van der Waals surface area contributed by atoms with Crippen molar-refractivity contribution >= 4 is 17.6 Å². The molecule has 3 N–H and O–H groups in total. The summed E-state index contributed by atoms with van der Waals surface area (Å²) in [5, 5.41) is 8.91. The second-order valence-electron chi connectivity index (χ2n) is 5.92. The number of amides is 1. The molecule has 27 heavy (non-hydrogen) atoms. The fourth-order valence-corrected chi connectivity index (χ4v) is 2.39. The molecule has 1 unspecified atom stereocenters. The van der Waals surface area contributed by atoms with Crippen LogP contribution >= 0.6 is 0 Å². The Morgan fingerprint density at radius 2 is 2.00 bits per heavy atom. The van der Waals surface area contributed by atoms with Crippen LogP contribution in [0.5, 0.6) is 0 Å². The van der Waals surface area contributed by atoms with Gasteiger partial charge in [-0.1, -0.05) is 30.3 Å². The van der Waals surface area contributed by atoms with Gasteiger partial charge in [-0.2, -0.15) is 0 Å². The third kappa shape index (κ3) is 7.87. The highest BCUT2D eigenvalue weighted by Crippen LogP contribution is 2.15. The second-order valence-corrected chi connectivity index (χ2v) is 5.92. The zero-order valence-electron chi connectivity index (χ0n) is 15.8. The largest absolute Gasteiger partial charge is 0.374 e. The number of carbonyl (C=O) groups excluding carboxylic acids is 1. The third-order valence-corrected chi connectivity index (χ3v) is 3.84. The van der Waals surface area contributed by atoms with Gasteiger partial charge in [-0.05, 0) is 31.0 Å². The monoisotopic (exact) mass is 369 g/mol. The van der Waals surface area contributed by atoms with Crippen LogP contribution in [0.3, 0.4) is 0 Å². The van der Waals surface area contributed by atoms with E-state index in [9.17, 15) is 4.79 Å². The van der Waals surface area contributed by atoms with E-state index < -0.39 is 0 Å². The van der Waals surface area contributed by atoms with Crippen LogP contribution in [0.4, 0.5) is 5.69 Å². The van der Waals surface area contributed by atoms with Crippen LogP contribution in [0.1, 0.15) is 25.0 Å². The Bertz CT molecular complexity index is 707. The predicted molar refractivity (Wildman–Crippen MR) is 108 cm³/mol. The van der Waals surface area contributed by atoms with E-state index >= 15 is 0 Å². The Morgan fingerprint density at radius 3 is 2.70 bits per heavy atom. The summed E-state index contributed by atoms with van der Waals surface area (Å²) in [6.45, 7) is 3.51. The molecular weight excluding hydrogens is 342 g/mol. The fourth-order valence-electron chi connectivity index (χ4n) is 2.39. The first-order valence-electron chi connectivity index (χ1n) is 9.00. The Hall–Kier alpha value is -2.93. The van der Waals surface area contributed by atoms with E-state index in [1.54, 1.807) is 31.6 Å². The SMILES string of the molecule is CN=C(NCCCOC(C)c1ccccc1)NCC(=O)Nc1cccnc1. The number of ether oxygens (including phenoxy) is 1. The lowest BCUT2D eigenvalue weighted by molar-refractivity contribution is -0.115. The molecule has 0 aliphatic heterocycles. The molecule has 2 aromatic rings. The van der Waals surface area contributed by atoms with Crippen molar-refractivity contribution in [3.63, 3.8) is 0 Å².